The quantitative estimate of drug-likeness (QED) is 0.753. The first-order chi connectivity index (χ1) is 12.0. The Bertz CT molecular complexity index is 956. The van der Waals surface area contributed by atoms with Gasteiger partial charge in [-0.2, -0.15) is 5.10 Å². The second-order valence-corrected chi connectivity index (χ2v) is 6.24. The molecule has 1 aromatic carbocycles. The van der Waals surface area contributed by atoms with Gasteiger partial charge < -0.3 is 9.73 Å². The maximum absolute atomic E-state index is 13.9. The molecule has 1 saturated carbocycles. The van der Waals surface area contributed by atoms with Gasteiger partial charge in [-0.1, -0.05) is 12.1 Å². The van der Waals surface area contributed by atoms with E-state index in [1.54, 1.807) is 25.1 Å². The minimum Gasteiger partial charge on any atom is -0.440 e. The van der Waals surface area contributed by atoms with Crippen LogP contribution in [0.3, 0.4) is 0 Å². The van der Waals surface area contributed by atoms with E-state index >= 15 is 0 Å². The lowest BCUT2D eigenvalue weighted by Gasteiger charge is -2.01. The summed E-state index contributed by atoms with van der Waals surface area (Å²) in [4.78, 5) is 16.7. The third-order valence-corrected chi connectivity index (χ3v) is 4.38. The van der Waals surface area contributed by atoms with Crippen LogP contribution in [0.2, 0.25) is 0 Å². The standard InChI is InChI=1S/C18H17FN4O2/c1-9-14(11-7-8-11)22-23-16(9)21-17(24)15-10(2)25-18(20-15)12-5-3-4-6-13(12)19/h3-6,11H,7-8H2,1-2H3,(H2,21,22,23,24). The van der Waals surface area contributed by atoms with E-state index in [2.05, 4.69) is 20.5 Å². The molecule has 1 aliphatic rings. The Morgan fingerprint density at radius 1 is 1.32 bits per heavy atom. The van der Waals surface area contributed by atoms with Crippen molar-refractivity contribution in [3.05, 3.63) is 52.8 Å². The molecule has 2 heterocycles. The topological polar surface area (TPSA) is 83.8 Å². The SMILES string of the molecule is Cc1oc(-c2ccccc2F)nc1C(=O)Nc1n[nH]c(C2CC2)c1C. The molecule has 3 aromatic rings. The van der Waals surface area contributed by atoms with E-state index in [4.69, 9.17) is 4.42 Å². The van der Waals surface area contributed by atoms with Gasteiger partial charge in [-0.05, 0) is 38.8 Å². The number of amides is 1. The summed E-state index contributed by atoms with van der Waals surface area (Å²) in [7, 11) is 0. The Balaban J connectivity index is 1.59. The molecule has 6 nitrogen and oxygen atoms in total. The average Bonchev–Trinajstić information content (AvgIpc) is 3.27. The fourth-order valence-corrected chi connectivity index (χ4v) is 2.83. The maximum Gasteiger partial charge on any atom is 0.279 e. The lowest BCUT2D eigenvalue weighted by molar-refractivity contribution is 0.102. The van der Waals surface area contributed by atoms with Gasteiger partial charge >= 0.3 is 0 Å². The van der Waals surface area contributed by atoms with E-state index in [1.807, 2.05) is 6.92 Å². The summed E-state index contributed by atoms with van der Waals surface area (Å²) in [5, 5.41) is 9.92. The molecule has 0 atom stereocenters. The predicted octanol–water partition coefficient (Wildman–Crippen LogP) is 3.95. The summed E-state index contributed by atoms with van der Waals surface area (Å²) in [5.74, 6) is 0.527. The normalized spacial score (nSPS) is 13.9. The number of hydrogen-bond acceptors (Lipinski definition) is 4. The number of H-pyrrole nitrogens is 1. The van der Waals surface area contributed by atoms with Crippen molar-refractivity contribution in [3.8, 4) is 11.5 Å². The Morgan fingerprint density at radius 2 is 2.08 bits per heavy atom. The summed E-state index contributed by atoms with van der Waals surface area (Å²) < 4.78 is 19.4. The number of halogens is 1. The average molecular weight is 340 g/mol. The zero-order valence-corrected chi connectivity index (χ0v) is 13.9. The summed E-state index contributed by atoms with van der Waals surface area (Å²) in [6.45, 7) is 3.55. The molecule has 2 aromatic heterocycles. The molecule has 0 saturated heterocycles. The number of rotatable bonds is 4. The molecule has 25 heavy (non-hydrogen) atoms. The molecule has 1 fully saturated rings. The molecule has 0 aliphatic heterocycles. The van der Waals surface area contributed by atoms with Crippen LogP contribution in [-0.4, -0.2) is 21.1 Å². The van der Waals surface area contributed by atoms with Crippen LogP contribution >= 0.6 is 0 Å². The van der Waals surface area contributed by atoms with Crippen molar-refractivity contribution in [2.75, 3.05) is 5.32 Å². The summed E-state index contributed by atoms with van der Waals surface area (Å²) >= 11 is 0. The number of hydrogen-bond donors (Lipinski definition) is 2. The fourth-order valence-electron chi connectivity index (χ4n) is 2.83. The minimum atomic E-state index is -0.451. The van der Waals surface area contributed by atoms with Gasteiger partial charge in [0.2, 0.25) is 5.89 Å². The number of carbonyl (C=O) groups excluding carboxylic acids is 1. The van der Waals surface area contributed by atoms with Crippen LogP contribution < -0.4 is 5.32 Å². The molecule has 2 N–H and O–H groups in total. The third-order valence-electron chi connectivity index (χ3n) is 4.38. The van der Waals surface area contributed by atoms with Gasteiger partial charge in [0, 0.05) is 17.2 Å². The van der Waals surface area contributed by atoms with Gasteiger partial charge in [-0.25, -0.2) is 9.37 Å². The van der Waals surface area contributed by atoms with Crippen molar-refractivity contribution in [1.29, 1.82) is 0 Å². The number of nitrogens with one attached hydrogen (secondary N) is 2. The fraction of sp³-hybridized carbons (Fsp3) is 0.278. The van der Waals surface area contributed by atoms with Crippen molar-refractivity contribution in [1.82, 2.24) is 15.2 Å². The molecule has 7 heteroatoms. The van der Waals surface area contributed by atoms with Crippen molar-refractivity contribution < 1.29 is 13.6 Å². The van der Waals surface area contributed by atoms with Crippen LogP contribution in [-0.2, 0) is 0 Å². The zero-order valence-electron chi connectivity index (χ0n) is 13.9. The van der Waals surface area contributed by atoms with Crippen LogP contribution in [0.25, 0.3) is 11.5 Å². The Labute approximate surface area is 143 Å². The first-order valence-corrected chi connectivity index (χ1v) is 8.13. The molecular formula is C18H17FN4O2. The van der Waals surface area contributed by atoms with Gasteiger partial charge in [0.1, 0.15) is 11.6 Å². The third kappa shape index (κ3) is 2.82. The van der Waals surface area contributed by atoms with Gasteiger partial charge in [-0.3, -0.25) is 9.89 Å². The van der Waals surface area contributed by atoms with E-state index < -0.39 is 11.7 Å². The Kier molecular flexibility index (Phi) is 3.63. The molecular weight excluding hydrogens is 323 g/mol. The summed E-state index contributed by atoms with van der Waals surface area (Å²) in [5.41, 5.74) is 2.34. The maximum atomic E-state index is 13.9. The van der Waals surface area contributed by atoms with Gasteiger partial charge in [0.15, 0.2) is 11.5 Å². The number of aryl methyl sites for hydroxylation is 1. The largest absolute Gasteiger partial charge is 0.440 e. The van der Waals surface area contributed by atoms with Gasteiger partial charge in [0.05, 0.1) is 5.56 Å². The zero-order chi connectivity index (χ0) is 17.6. The number of anilines is 1. The van der Waals surface area contributed by atoms with Crippen molar-refractivity contribution >= 4 is 11.7 Å². The Hall–Kier alpha value is -2.96. The van der Waals surface area contributed by atoms with E-state index in [-0.39, 0.29) is 17.1 Å². The smallest absolute Gasteiger partial charge is 0.279 e. The van der Waals surface area contributed by atoms with Crippen LogP contribution in [0.15, 0.2) is 28.7 Å². The minimum absolute atomic E-state index is 0.0816. The molecule has 1 amide bonds. The molecule has 4 rings (SSSR count). The molecule has 0 bridgehead atoms. The molecule has 128 valence electrons. The van der Waals surface area contributed by atoms with Crippen LogP contribution in [0.4, 0.5) is 10.2 Å². The molecule has 0 unspecified atom stereocenters. The highest BCUT2D eigenvalue weighted by atomic mass is 19.1. The van der Waals surface area contributed by atoms with Crippen LogP contribution in [0, 0.1) is 19.7 Å². The van der Waals surface area contributed by atoms with Crippen LogP contribution in [0.5, 0.6) is 0 Å². The first kappa shape index (κ1) is 15.6. The number of aromatic amines is 1. The summed E-state index contributed by atoms with van der Waals surface area (Å²) in [6, 6.07) is 6.15. The second-order valence-electron chi connectivity index (χ2n) is 6.24. The van der Waals surface area contributed by atoms with E-state index in [0.29, 0.717) is 17.5 Å². The monoisotopic (exact) mass is 340 g/mol. The first-order valence-electron chi connectivity index (χ1n) is 8.13. The van der Waals surface area contributed by atoms with E-state index in [0.717, 1.165) is 24.1 Å². The second kappa shape index (κ2) is 5.84. The van der Waals surface area contributed by atoms with Crippen molar-refractivity contribution in [2.45, 2.75) is 32.6 Å². The number of benzene rings is 1. The van der Waals surface area contributed by atoms with Gasteiger partial charge in [-0.15, -0.1) is 0 Å². The Morgan fingerprint density at radius 3 is 2.80 bits per heavy atom. The lowest BCUT2D eigenvalue weighted by atomic mass is 10.2. The highest BCUT2D eigenvalue weighted by Crippen LogP contribution is 2.41. The number of aromatic nitrogens is 3. The van der Waals surface area contributed by atoms with Crippen molar-refractivity contribution in [3.63, 3.8) is 0 Å². The van der Waals surface area contributed by atoms with E-state index in [9.17, 15) is 9.18 Å². The molecule has 0 spiro atoms. The number of carbonyl (C=O) groups is 1. The van der Waals surface area contributed by atoms with Gasteiger partial charge in [0.25, 0.3) is 5.91 Å². The summed E-state index contributed by atoms with van der Waals surface area (Å²) in [6.07, 6.45) is 2.29. The number of oxazole rings is 1. The number of nitrogens with zero attached hydrogens (tertiary/aromatic N) is 2. The van der Waals surface area contributed by atoms with E-state index in [1.165, 1.54) is 6.07 Å². The van der Waals surface area contributed by atoms with Crippen LogP contribution in [0.1, 0.15) is 46.3 Å². The predicted molar refractivity (Wildman–Crippen MR) is 89.9 cm³/mol. The highest BCUT2D eigenvalue weighted by molar-refractivity contribution is 6.03. The molecule has 1 aliphatic carbocycles. The lowest BCUT2D eigenvalue weighted by Crippen LogP contribution is -2.14. The molecule has 0 radical (unpaired) electrons. The highest BCUT2D eigenvalue weighted by Gasteiger charge is 2.29. The van der Waals surface area contributed by atoms with Crippen molar-refractivity contribution in [2.24, 2.45) is 0 Å².